The number of nitriles is 1. The summed E-state index contributed by atoms with van der Waals surface area (Å²) in [5, 5.41) is 32.9. The van der Waals surface area contributed by atoms with Gasteiger partial charge in [-0.25, -0.2) is 0 Å². The number of nitrogens with one attached hydrogen (secondary N) is 1. The summed E-state index contributed by atoms with van der Waals surface area (Å²) >= 11 is 1.36. The van der Waals surface area contributed by atoms with Gasteiger partial charge in [0.05, 0.1) is 4.92 Å². The lowest BCUT2D eigenvalue weighted by molar-refractivity contribution is -0.384. The number of aromatic nitrogens is 3. The van der Waals surface area contributed by atoms with Gasteiger partial charge in [-0.1, -0.05) is 30.6 Å². The largest absolute Gasteiger partial charge is 0.317 e. The summed E-state index contributed by atoms with van der Waals surface area (Å²) in [6.45, 7) is 1.77. The van der Waals surface area contributed by atoms with Crippen molar-refractivity contribution in [3.05, 3.63) is 68.5 Å². The molecule has 1 aliphatic carbocycles. The highest BCUT2D eigenvalue weighted by Crippen LogP contribution is 2.35. The number of carbonyl (C=O) groups is 1. The van der Waals surface area contributed by atoms with Crippen LogP contribution in [0.15, 0.2) is 42.1 Å². The van der Waals surface area contributed by atoms with Crippen LogP contribution in [0.25, 0.3) is 11.8 Å². The van der Waals surface area contributed by atoms with E-state index in [0.717, 1.165) is 23.5 Å². The van der Waals surface area contributed by atoms with Crippen LogP contribution in [0.4, 0.5) is 10.8 Å². The molecule has 10 heteroatoms. The average Bonchev–Trinajstić information content (AvgIpc) is 3.47. The van der Waals surface area contributed by atoms with Gasteiger partial charge >= 0.3 is 0 Å². The first-order valence-corrected chi connectivity index (χ1v) is 11.5. The van der Waals surface area contributed by atoms with E-state index in [9.17, 15) is 20.2 Å². The zero-order chi connectivity index (χ0) is 23.4. The summed E-state index contributed by atoms with van der Waals surface area (Å²) < 4.78 is 1.77. The summed E-state index contributed by atoms with van der Waals surface area (Å²) in [4.78, 5) is 23.3. The number of nitro groups is 1. The zero-order valence-electron chi connectivity index (χ0n) is 18.0. The Bertz CT molecular complexity index is 1260. The molecule has 0 radical (unpaired) electrons. The Morgan fingerprint density at radius 1 is 1.30 bits per heavy atom. The molecule has 1 fully saturated rings. The monoisotopic (exact) mass is 462 g/mol. The number of nitrogens with zero attached hydrogens (tertiary/aromatic N) is 5. The molecule has 1 saturated carbocycles. The van der Waals surface area contributed by atoms with Gasteiger partial charge in [-0.15, -0.1) is 10.2 Å². The van der Waals surface area contributed by atoms with E-state index in [1.165, 1.54) is 48.8 Å². The fourth-order valence-corrected chi connectivity index (χ4v) is 4.92. The van der Waals surface area contributed by atoms with Crippen molar-refractivity contribution in [2.24, 2.45) is 0 Å². The van der Waals surface area contributed by atoms with Crippen molar-refractivity contribution >= 4 is 34.1 Å². The molecular weight excluding hydrogens is 440 g/mol. The van der Waals surface area contributed by atoms with E-state index in [2.05, 4.69) is 15.5 Å². The second-order valence-electron chi connectivity index (χ2n) is 7.94. The molecule has 1 N–H and O–H groups in total. The average molecular weight is 463 g/mol. The molecule has 2 aromatic heterocycles. The summed E-state index contributed by atoms with van der Waals surface area (Å²) in [5.41, 5.74) is 1.93. The summed E-state index contributed by atoms with van der Waals surface area (Å²) in [6, 6.07) is 10.0. The van der Waals surface area contributed by atoms with Crippen LogP contribution in [-0.4, -0.2) is 25.6 Å². The molecule has 9 nitrogen and oxygen atoms in total. The van der Waals surface area contributed by atoms with E-state index in [1.54, 1.807) is 35.9 Å². The van der Waals surface area contributed by atoms with Crippen LogP contribution in [0.2, 0.25) is 0 Å². The quantitative estimate of drug-likeness (QED) is 0.234. The van der Waals surface area contributed by atoms with Gasteiger partial charge in [0.25, 0.3) is 11.6 Å². The summed E-state index contributed by atoms with van der Waals surface area (Å²) in [5.74, 6) is -0.168. The molecule has 0 saturated heterocycles. The minimum atomic E-state index is -0.558. The maximum Gasteiger partial charge on any atom is 0.269 e. The van der Waals surface area contributed by atoms with E-state index >= 15 is 0 Å². The molecule has 1 aliphatic rings. The number of benzene rings is 1. The lowest BCUT2D eigenvalue weighted by Crippen LogP contribution is -2.13. The highest BCUT2D eigenvalue weighted by atomic mass is 32.1. The molecule has 2 heterocycles. The van der Waals surface area contributed by atoms with E-state index in [1.807, 2.05) is 6.07 Å². The van der Waals surface area contributed by atoms with Gasteiger partial charge in [0.15, 0.2) is 0 Å². The molecule has 3 aromatic rings. The SMILES string of the molecule is Cc1cc([N+](=O)[O-])ccc1-n1cccc1/C=C(/C#N)C(=O)Nc1nnc(C2CCCCC2)s1. The minimum Gasteiger partial charge on any atom is -0.317 e. The highest BCUT2D eigenvalue weighted by Gasteiger charge is 2.21. The third kappa shape index (κ3) is 4.99. The van der Waals surface area contributed by atoms with E-state index in [0.29, 0.717) is 22.3 Å². The second kappa shape index (κ2) is 9.75. The first-order valence-electron chi connectivity index (χ1n) is 10.7. The number of rotatable bonds is 6. The first kappa shape index (κ1) is 22.4. The molecule has 4 rings (SSSR count). The molecule has 33 heavy (non-hydrogen) atoms. The van der Waals surface area contributed by atoms with E-state index in [4.69, 9.17) is 0 Å². The number of aryl methyl sites for hydroxylation is 1. The molecular formula is C23H22N6O3S. The van der Waals surface area contributed by atoms with Crippen LogP contribution < -0.4 is 5.32 Å². The van der Waals surface area contributed by atoms with Gasteiger partial charge < -0.3 is 4.57 Å². The number of hydrogen-bond acceptors (Lipinski definition) is 7. The van der Waals surface area contributed by atoms with Crippen molar-refractivity contribution in [1.29, 1.82) is 5.26 Å². The Kier molecular flexibility index (Phi) is 6.60. The normalized spacial score (nSPS) is 14.6. The smallest absolute Gasteiger partial charge is 0.269 e. The lowest BCUT2D eigenvalue weighted by Gasteiger charge is -2.18. The molecule has 0 unspecified atom stereocenters. The van der Waals surface area contributed by atoms with Crippen LogP contribution in [0.1, 0.15) is 54.3 Å². The molecule has 0 atom stereocenters. The van der Waals surface area contributed by atoms with Crippen LogP contribution in [-0.2, 0) is 4.79 Å². The van der Waals surface area contributed by atoms with Crippen LogP contribution >= 0.6 is 11.3 Å². The zero-order valence-corrected chi connectivity index (χ0v) is 18.8. The third-order valence-corrected chi connectivity index (χ3v) is 6.71. The summed E-state index contributed by atoms with van der Waals surface area (Å²) in [7, 11) is 0. The molecule has 1 aromatic carbocycles. The Labute approximate surface area is 194 Å². The Balaban J connectivity index is 1.54. The van der Waals surface area contributed by atoms with Crippen molar-refractivity contribution in [3.63, 3.8) is 0 Å². The molecule has 0 aliphatic heterocycles. The lowest BCUT2D eigenvalue weighted by atomic mass is 9.90. The maximum absolute atomic E-state index is 12.7. The van der Waals surface area contributed by atoms with Gasteiger partial charge in [-0.3, -0.25) is 20.2 Å². The summed E-state index contributed by atoms with van der Waals surface area (Å²) in [6.07, 6.45) is 9.04. The van der Waals surface area contributed by atoms with Crippen molar-refractivity contribution < 1.29 is 9.72 Å². The van der Waals surface area contributed by atoms with Gasteiger partial charge in [-0.05, 0) is 49.6 Å². The third-order valence-electron chi connectivity index (χ3n) is 5.70. The molecule has 1 amide bonds. The Morgan fingerprint density at radius 3 is 2.79 bits per heavy atom. The molecule has 168 valence electrons. The van der Waals surface area contributed by atoms with Gasteiger partial charge in [0.2, 0.25) is 5.13 Å². The molecule has 0 spiro atoms. The van der Waals surface area contributed by atoms with Crippen LogP contribution in [0.5, 0.6) is 0 Å². The fourth-order valence-electron chi connectivity index (χ4n) is 4.02. The first-order chi connectivity index (χ1) is 16.0. The number of amides is 1. The van der Waals surface area contributed by atoms with Crippen molar-refractivity contribution in [2.45, 2.75) is 44.9 Å². The standard InChI is InChI=1S/C23H22N6O3S/c1-15-12-19(29(31)32)9-10-20(15)28-11-5-8-18(28)13-17(14-24)21(30)25-23-27-26-22(33-23)16-6-3-2-4-7-16/h5,8-13,16H,2-4,6-7H2,1H3,(H,25,27,30)/b17-13-. The van der Waals surface area contributed by atoms with Crippen molar-refractivity contribution in [1.82, 2.24) is 14.8 Å². The number of anilines is 1. The van der Waals surface area contributed by atoms with E-state index in [-0.39, 0.29) is 11.3 Å². The van der Waals surface area contributed by atoms with Gasteiger partial charge in [0, 0.05) is 35.6 Å². The fraction of sp³-hybridized carbons (Fsp3) is 0.304. The van der Waals surface area contributed by atoms with E-state index < -0.39 is 10.8 Å². The van der Waals surface area contributed by atoms with Gasteiger partial charge in [0.1, 0.15) is 16.6 Å². The number of nitro benzene ring substituents is 1. The minimum absolute atomic E-state index is 0.00208. The van der Waals surface area contributed by atoms with Crippen molar-refractivity contribution in [2.75, 3.05) is 5.32 Å². The Hall–Kier alpha value is -3.84. The topological polar surface area (TPSA) is 127 Å². The van der Waals surface area contributed by atoms with Crippen LogP contribution in [0, 0.1) is 28.4 Å². The Morgan fingerprint density at radius 2 is 2.09 bits per heavy atom. The predicted octanol–water partition coefficient (Wildman–Crippen LogP) is 5.14. The predicted molar refractivity (Wildman–Crippen MR) is 125 cm³/mol. The number of non-ortho nitro benzene ring substituents is 1. The maximum atomic E-state index is 12.7. The van der Waals surface area contributed by atoms with Crippen molar-refractivity contribution in [3.8, 4) is 11.8 Å². The highest BCUT2D eigenvalue weighted by molar-refractivity contribution is 7.15. The molecule has 0 bridgehead atoms. The van der Waals surface area contributed by atoms with Gasteiger partial charge in [-0.2, -0.15) is 5.26 Å². The van der Waals surface area contributed by atoms with Crippen LogP contribution in [0.3, 0.4) is 0 Å². The number of hydrogen-bond donors (Lipinski definition) is 1. The number of carbonyl (C=O) groups excluding carboxylic acids is 1. The second-order valence-corrected chi connectivity index (χ2v) is 8.94.